The molecule has 2 rings (SSSR count). The molecule has 0 spiro atoms. The highest BCUT2D eigenvalue weighted by Crippen LogP contribution is 2.12. The second kappa shape index (κ2) is 6.54. The van der Waals surface area contributed by atoms with Crippen molar-refractivity contribution in [1.29, 1.82) is 0 Å². The summed E-state index contributed by atoms with van der Waals surface area (Å²) in [4.78, 5) is 13.7. The van der Waals surface area contributed by atoms with Gasteiger partial charge in [0.1, 0.15) is 0 Å². The van der Waals surface area contributed by atoms with Gasteiger partial charge in [0.25, 0.3) is 0 Å². The van der Waals surface area contributed by atoms with E-state index in [4.69, 9.17) is 10.2 Å². The number of rotatable bonds is 7. The number of hydrogen-bond donors (Lipinski definition) is 3. The molecule has 4 N–H and O–H groups in total. The summed E-state index contributed by atoms with van der Waals surface area (Å²) in [7, 11) is 0. The lowest BCUT2D eigenvalue weighted by atomic mass is 10.1. The van der Waals surface area contributed by atoms with E-state index >= 15 is 0 Å². The molecule has 5 heteroatoms. The van der Waals surface area contributed by atoms with Crippen LogP contribution in [-0.2, 0) is 6.42 Å². The molecule has 0 aliphatic heterocycles. The third-order valence-electron chi connectivity index (χ3n) is 3.23. The number of benzene rings is 1. The zero-order valence-electron chi connectivity index (χ0n) is 11.2. The molecule has 1 aromatic heterocycles. The lowest BCUT2D eigenvalue weighted by Crippen LogP contribution is -2.24. The van der Waals surface area contributed by atoms with E-state index in [1.165, 1.54) is 5.56 Å². The summed E-state index contributed by atoms with van der Waals surface area (Å²) < 4.78 is 4.97. The van der Waals surface area contributed by atoms with E-state index in [0.29, 0.717) is 11.5 Å². The number of fused-ring (bicyclic) bond motifs is 1. The number of aromatic nitrogens is 1. The Balaban J connectivity index is 1.83. The first-order valence-electron chi connectivity index (χ1n) is 6.71. The largest absolute Gasteiger partial charge is 0.417 e. The standard InChI is InChI=1S/C14H21N3O2/c1-10(4-6-15)9-16-7-5-11-2-3-13-12(8-11)17-14(18)19-13/h2-3,8,10,16H,4-7,9,15H2,1H3,(H,17,18). The molecule has 2 aromatic rings. The maximum atomic E-state index is 11.1. The second-order valence-electron chi connectivity index (χ2n) is 4.98. The van der Waals surface area contributed by atoms with Crippen LogP contribution in [0.1, 0.15) is 18.9 Å². The Morgan fingerprint density at radius 2 is 2.32 bits per heavy atom. The fourth-order valence-electron chi connectivity index (χ4n) is 2.12. The van der Waals surface area contributed by atoms with Gasteiger partial charge in [-0.15, -0.1) is 0 Å². The number of hydrogen-bond acceptors (Lipinski definition) is 4. The van der Waals surface area contributed by atoms with E-state index in [0.717, 1.165) is 38.0 Å². The van der Waals surface area contributed by atoms with Crippen molar-refractivity contribution in [1.82, 2.24) is 10.3 Å². The van der Waals surface area contributed by atoms with Gasteiger partial charge in [0, 0.05) is 0 Å². The van der Waals surface area contributed by atoms with Gasteiger partial charge in [-0.3, -0.25) is 4.98 Å². The minimum atomic E-state index is -0.402. The molecule has 1 aromatic carbocycles. The number of H-pyrrole nitrogens is 1. The van der Waals surface area contributed by atoms with Crippen LogP contribution in [0, 0.1) is 5.92 Å². The van der Waals surface area contributed by atoms with Crippen LogP contribution in [0.5, 0.6) is 0 Å². The third-order valence-corrected chi connectivity index (χ3v) is 3.23. The van der Waals surface area contributed by atoms with Gasteiger partial charge < -0.3 is 15.5 Å². The molecule has 0 aliphatic carbocycles. The molecule has 104 valence electrons. The minimum Gasteiger partial charge on any atom is -0.408 e. The topological polar surface area (TPSA) is 84.0 Å². The van der Waals surface area contributed by atoms with Gasteiger partial charge in [-0.05, 0) is 56.1 Å². The van der Waals surface area contributed by atoms with E-state index in [2.05, 4.69) is 17.2 Å². The van der Waals surface area contributed by atoms with Gasteiger partial charge in [0.15, 0.2) is 5.58 Å². The second-order valence-corrected chi connectivity index (χ2v) is 4.98. The van der Waals surface area contributed by atoms with Crippen molar-refractivity contribution in [2.45, 2.75) is 19.8 Å². The Hall–Kier alpha value is -1.59. The first kappa shape index (κ1) is 13.8. The molecule has 19 heavy (non-hydrogen) atoms. The van der Waals surface area contributed by atoms with E-state index in [1.807, 2.05) is 18.2 Å². The number of nitrogens with two attached hydrogens (primary N) is 1. The van der Waals surface area contributed by atoms with Gasteiger partial charge in [-0.2, -0.15) is 0 Å². The molecule has 1 unspecified atom stereocenters. The van der Waals surface area contributed by atoms with E-state index in [9.17, 15) is 4.79 Å². The number of oxazole rings is 1. The molecule has 0 saturated carbocycles. The molecule has 0 aliphatic rings. The summed E-state index contributed by atoms with van der Waals surface area (Å²) in [5, 5.41) is 3.42. The molecule has 5 nitrogen and oxygen atoms in total. The fraction of sp³-hybridized carbons (Fsp3) is 0.500. The van der Waals surface area contributed by atoms with Crippen molar-refractivity contribution in [3.63, 3.8) is 0 Å². The first-order chi connectivity index (χ1) is 9.19. The van der Waals surface area contributed by atoms with Gasteiger partial charge in [-0.1, -0.05) is 13.0 Å². The Kier molecular flexibility index (Phi) is 4.76. The molecule has 0 bridgehead atoms. The van der Waals surface area contributed by atoms with Crippen LogP contribution in [-0.4, -0.2) is 24.6 Å². The predicted molar refractivity (Wildman–Crippen MR) is 76.2 cm³/mol. The molecular weight excluding hydrogens is 242 g/mol. The molecular formula is C14H21N3O2. The van der Waals surface area contributed by atoms with Crippen molar-refractivity contribution in [3.8, 4) is 0 Å². The van der Waals surface area contributed by atoms with Crippen LogP contribution in [0.4, 0.5) is 0 Å². The highest BCUT2D eigenvalue weighted by atomic mass is 16.4. The van der Waals surface area contributed by atoms with Crippen LogP contribution < -0.4 is 16.8 Å². The fourth-order valence-corrected chi connectivity index (χ4v) is 2.12. The summed E-state index contributed by atoms with van der Waals surface area (Å²) in [6, 6.07) is 5.79. The predicted octanol–water partition coefficient (Wildman–Crippen LogP) is 1.24. The summed E-state index contributed by atoms with van der Waals surface area (Å²) >= 11 is 0. The van der Waals surface area contributed by atoms with E-state index in [-0.39, 0.29) is 0 Å². The van der Waals surface area contributed by atoms with Crippen LogP contribution >= 0.6 is 0 Å². The normalized spacial score (nSPS) is 12.9. The lowest BCUT2D eigenvalue weighted by Gasteiger charge is -2.11. The van der Waals surface area contributed by atoms with Crippen molar-refractivity contribution in [3.05, 3.63) is 34.3 Å². The first-order valence-corrected chi connectivity index (χ1v) is 6.71. The summed E-state index contributed by atoms with van der Waals surface area (Å²) in [6.07, 6.45) is 1.98. The number of nitrogens with one attached hydrogen (secondary N) is 2. The summed E-state index contributed by atoms with van der Waals surface area (Å²) in [5.74, 6) is 0.207. The number of aromatic amines is 1. The van der Waals surface area contributed by atoms with Crippen LogP contribution in [0.3, 0.4) is 0 Å². The smallest absolute Gasteiger partial charge is 0.408 e. The zero-order chi connectivity index (χ0) is 13.7. The average molecular weight is 263 g/mol. The Morgan fingerprint density at radius 3 is 3.11 bits per heavy atom. The highest BCUT2D eigenvalue weighted by molar-refractivity contribution is 5.72. The Labute approximate surface area is 112 Å². The van der Waals surface area contributed by atoms with Crippen molar-refractivity contribution in [2.75, 3.05) is 19.6 Å². The quantitative estimate of drug-likeness (QED) is 0.656. The van der Waals surface area contributed by atoms with E-state index in [1.54, 1.807) is 0 Å². The summed E-state index contributed by atoms with van der Waals surface area (Å²) in [6.45, 7) is 4.85. The molecule has 0 radical (unpaired) electrons. The van der Waals surface area contributed by atoms with Crippen LogP contribution in [0.2, 0.25) is 0 Å². The van der Waals surface area contributed by atoms with E-state index < -0.39 is 5.76 Å². The van der Waals surface area contributed by atoms with Crippen molar-refractivity contribution in [2.24, 2.45) is 11.7 Å². The molecule has 1 heterocycles. The lowest BCUT2D eigenvalue weighted by molar-refractivity contribution is 0.489. The summed E-state index contributed by atoms with van der Waals surface area (Å²) in [5.41, 5.74) is 8.07. The highest BCUT2D eigenvalue weighted by Gasteiger charge is 2.03. The molecule has 1 atom stereocenters. The van der Waals surface area contributed by atoms with Crippen molar-refractivity contribution >= 4 is 11.1 Å². The van der Waals surface area contributed by atoms with Gasteiger partial charge in [-0.25, -0.2) is 4.79 Å². The molecule has 0 saturated heterocycles. The molecule has 0 fully saturated rings. The maximum absolute atomic E-state index is 11.1. The third kappa shape index (κ3) is 3.94. The molecule has 0 amide bonds. The Bertz CT molecular complexity index is 573. The van der Waals surface area contributed by atoms with Gasteiger partial charge in [0.2, 0.25) is 0 Å². The maximum Gasteiger partial charge on any atom is 0.417 e. The van der Waals surface area contributed by atoms with Gasteiger partial charge in [0.05, 0.1) is 5.52 Å². The van der Waals surface area contributed by atoms with Gasteiger partial charge >= 0.3 is 5.76 Å². The van der Waals surface area contributed by atoms with Crippen LogP contribution in [0.15, 0.2) is 27.4 Å². The van der Waals surface area contributed by atoms with Crippen LogP contribution in [0.25, 0.3) is 11.1 Å². The minimum absolute atomic E-state index is 0.402. The average Bonchev–Trinajstić information content (AvgIpc) is 2.74. The monoisotopic (exact) mass is 263 g/mol. The zero-order valence-corrected chi connectivity index (χ0v) is 11.2. The van der Waals surface area contributed by atoms with Crippen molar-refractivity contribution < 1.29 is 4.42 Å². The Morgan fingerprint density at radius 1 is 1.47 bits per heavy atom. The SMILES string of the molecule is CC(CCN)CNCCc1ccc2oc(=O)[nH]c2c1.